The van der Waals surface area contributed by atoms with Crippen molar-refractivity contribution in [2.24, 2.45) is 0 Å². The Bertz CT molecular complexity index is 1060. The monoisotopic (exact) mass is 472 g/mol. The number of hydrazine groups is 1. The Labute approximate surface area is 196 Å². The number of rotatable bonds is 9. The summed E-state index contributed by atoms with van der Waals surface area (Å²) in [6.07, 6.45) is 0.606. The first-order chi connectivity index (χ1) is 15.5. The van der Waals surface area contributed by atoms with Gasteiger partial charge in [-0.2, -0.15) is 0 Å². The van der Waals surface area contributed by atoms with Crippen molar-refractivity contribution >= 4 is 35.0 Å². The molecule has 0 aliphatic rings. The van der Waals surface area contributed by atoms with Gasteiger partial charge in [0.05, 0.1) is 17.2 Å². The number of amides is 2. The normalized spacial score (nSPS) is 10.3. The number of hydrogen-bond donors (Lipinski definition) is 2. The van der Waals surface area contributed by atoms with Crippen molar-refractivity contribution < 1.29 is 19.1 Å². The van der Waals surface area contributed by atoms with Crippen LogP contribution in [0.5, 0.6) is 11.5 Å². The smallest absolute Gasteiger partial charge is 0.273 e. The molecule has 3 aromatic rings. The van der Waals surface area contributed by atoms with Crippen LogP contribution in [0.2, 0.25) is 10.0 Å². The van der Waals surface area contributed by atoms with Crippen LogP contribution in [0.4, 0.5) is 0 Å². The van der Waals surface area contributed by atoms with E-state index in [1.165, 1.54) is 0 Å². The fourth-order valence-corrected chi connectivity index (χ4v) is 3.24. The lowest BCUT2D eigenvalue weighted by Gasteiger charge is -2.12. The van der Waals surface area contributed by atoms with Crippen LogP contribution in [0.15, 0.2) is 72.8 Å². The van der Waals surface area contributed by atoms with E-state index in [1.807, 2.05) is 30.3 Å². The van der Waals surface area contributed by atoms with E-state index in [-0.39, 0.29) is 12.3 Å². The molecule has 0 atom stereocenters. The first-order valence-corrected chi connectivity index (χ1v) is 10.7. The van der Waals surface area contributed by atoms with Crippen molar-refractivity contribution in [2.75, 3.05) is 6.61 Å². The van der Waals surface area contributed by atoms with E-state index in [0.29, 0.717) is 46.7 Å². The molecular weight excluding hydrogens is 451 g/mol. The summed E-state index contributed by atoms with van der Waals surface area (Å²) >= 11 is 11.9. The molecule has 6 nitrogen and oxygen atoms in total. The molecule has 2 amide bonds. The molecule has 0 spiro atoms. The van der Waals surface area contributed by atoms with Crippen LogP contribution in [0.1, 0.15) is 28.8 Å². The fraction of sp³-hybridized carbons (Fsp3) is 0.167. The molecular formula is C24H22Cl2N2O4. The molecule has 0 unspecified atom stereocenters. The summed E-state index contributed by atoms with van der Waals surface area (Å²) in [6, 6.07) is 21.4. The quantitative estimate of drug-likeness (QED) is 0.331. The van der Waals surface area contributed by atoms with Crippen molar-refractivity contribution in [3.63, 3.8) is 0 Å². The van der Waals surface area contributed by atoms with Crippen LogP contribution in [0.25, 0.3) is 0 Å². The zero-order chi connectivity index (χ0) is 22.8. The second kappa shape index (κ2) is 12.0. The van der Waals surface area contributed by atoms with Gasteiger partial charge in [-0.25, -0.2) is 0 Å². The molecule has 0 radical (unpaired) electrons. The minimum atomic E-state index is -0.466. The molecule has 0 aliphatic heterocycles. The number of hydrogen-bond acceptors (Lipinski definition) is 4. The number of nitrogens with one attached hydrogen (secondary N) is 2. The molecule has 0 saturated carbocycles. The number of halogens is 2. The van der Waals surface area contributed by atoms with Gasteiger partial charge in [0.25, 0.3) is 5.91 Å². The maximum absolute atomic E-state index is 12.5. The van der Waals surface area contributed by atoms with Crippen molar-refractivity contribution in [3.8, 4) is 11.5 Å². The van der Waals surface area contributed by atoms with Gasteiger partial charge in [0.15, 0.2) is 0 Å². The zero-order valence-electron chi connectivity index (χ0n) is 17.1. The largest absolute Gasteiger partial charge is 0.492 e. The first kappa shape index (κ1) is 23.4. The Morgan fingerprint density at radius 2 is 1.56 bits per heavy atom. The summed E-state index contributed by atoms with van der Waals surface area (Å²) in [5.41, 5.74) is 6.13. The van der Waals surface area contributed by atoms with Crippen molar-refractivity contribution in [1.82, 2.24) is 10.9 Å². The van der Waals surface area contributed by atoms with Crippen LogP contribution < -0.4 is 20.3 Å². The van der Waals surface area contributed by atoms with Gasteiger partial charge in [-0.1, -0.05) is 65.7 Å². The molecule has 0 fully saturated rings. The van der Waals surface area contributed by atoms with Crippen molar-refractivity contribution in [3.05, 3.63) is 94.0 Å². The van der Waals surface area contributed by atoms with Gasteiger partial charge in [0.1, 0.15) is 18.1 Å². The Balaban J connectivity index is 1.42. The summed E-state index contributed by atoms with van der Waals surface area (Å²) in [7, 11) is 0. The van der Waals surface area contributed by atoms with Gasteiger partial charge in [-0.3, -0.25) is 20.4 Å². The third-order valence-electron chi connectivity index (χ3n) is 4.38. The first-order valence-electron chi connectivity index (χ1n) is 9.95. The van der Waals surface area contributed by atoms with E-state index in [1.54, 1.807) is 42.5 Å². The highest BCUT2D eigenvalue weighted by atomic mass is 35.5. The average molecular weight is 473 g/mol. The molecule has 166 valence electrons. The molecule has 0 aliphatic carbocycles. The predicted molar refractivity (Wildman–Crippen MR) is 124 cm³/mol. The molecule has 32 heavy (non-hydrogen) atoms. The Morgan fingerprint density at radius 3 is 2.34 bits per heavy atom. The van der Waals surface area contributed by atoms with E-state index >= 15 is 0 Å². The topological polar surface area (TPSA) is 76.7 Å². The Morgan fingerprint density at radius 1 is 0.812 bits per heavy atom. The summed E-state index contributed by atoms with van der Waals surface area (Å²) in [6.45, 7) is 0.619. The molecule has 3 rings (SSSR count). The van der Waals surface area contributed by atoms with Crippen molar-refractivity contribution in [1.29, 1.82) is 0 Å². The van der Waals surface area contributed by atoms with Crippen LogP contribution in [-0.4, -0.2) is 18.4 Å². The van der Waals surface area contributed by atoms with Crippen LogP contribution >= 0.6 is 23.2 Å². The highest BCUT2D eigenvalue weighted by molar-refractivity contribution is 6.35. The molecule has 2 N–H and O–H groups in total. The maximum atomic E-state index is 12.5. The highest BCUT2D eigenvalue weighted by Gasteiger charge is 2.13. The van der Waals surface area contributed by atoms with Gasteiger partial charge < -0.3 is 9.47 Å². The number of ether oxygens (including phenoxy) is 2. The third kappa shape index (κ3) is 7.18. The van der Waals surface area contributed by atoms with E-state index in [2.05, 4.69) is 10.9 Å². The standard InChI is InChI=1S/C24H22Cl2N2O4/c25-18-12-13-22(20(26)15-18)31-14-6-11-23(29)27-28-24(30)19-9-4-5-10-21(19)32-16-17-7-2-1-3-8-17/h1-5,7-10,12-13,15H,6,11,14,16H2,(H,27,29)(H,28,30). The van der Waals surface area contributed by atoms with E-state index in [0.717, 1.165) is 5.56 Å². The highest BCUT2D eigenvalue weighted by Crippen LogP contribution is 2.27. The number of para-hydroxylation sites is 1. The van der Waals surface area contributed by atoms with Crippen LogP contribution in [0, 0.1) is 0 Å². The lowest BCUT2D eigenvalue weighted by atomic mass is 10.2. The predicted octanol–water partition coefficient (Wildman–Crippen LogP) is 5.19. The molecule has 8 heteroatoms. The van der Waals surface area contributed by atoms with E-state index in [9.17, 15) is 9.59 Å². The molecule has 0 aromatic heterocycles. The van der Waals surface area contributed by atoms with Gasteiger partial charge in [0, 0.05) is 11.4 Å². The fourth-order valence-electron chi connectivity index (χ4n) is 2.78. The third-order valence-corrected chi connectivity index (χ3v) is 4.91. The number of carbonyl (C=O) groups is 2. The summed E-state index contributed by atoms with van der Waals surface area (Å²) in [5, 5.41) is 0.923. The molecule has 0 saturated heterocycles. The SMILES string of the molecule is O=C(CCCOc1ccc(Cl)cc1Cl)NNC(=O)c1ccccc1OCc1ccccc1. The molecule has 0 bridgehead atoms. The summed E-state index contributed by atoms with van der Waals surface area (Å²) in [5.74, 6) is 0.117. The minimum Gasteiger partial charge on any atom is -0.492 e. The van der Waals surface area contributed by atoms with E-state index in [4.69, 9.17) is 32.7 Å². The molecule has 3 aromatic carbocycles. The second-order valence-electron chi connectivity index (χ2n) is 6.80. The molecule has 0 heterocycles. The van der Waals surface area contributed by atoms with E-state index < -0.39 is 5.91 Å². The Hall–Kier alpha value is -3.22. The Kier molecular flexibility index (Phi) is 8.78. The van der Waals surface area contributed by atoms with Gasteiger partial charge in [-0.05, 0) is 42.3 Å². The van der Waals surface area contributed by atoms with Crippen LogP contribution in [0.3, 0.4) is 0 Å². The summed E-state index contributed by atoms with van der Waals surface area (Å²) in [4.78, 5) is 24.5. The number of carbonyl (C=O) groups excluding carboxylic acids is 2. The minimum absolute atomic E-state index is 0.164. The van der Waals surface area contributed by atoms with Crippen molar-refractivity contribution in [2.45, 2.75) is 19.4 Å². The van der Waals surface area contributed by atoms with Gasteiger partial charge in [-0.15, -0.1) is 0 Å². The van der Waals surface area contributed by atoms with Gasteiger partial charge >= 0.3 is 0 Å². The van der Waals surface area contributed by atoms with Crippen LogP contribution in [-0.2, 0) is 11.4 Å². The lowest BCUT2D eigenvalue weighted by Crippen LogP contribution is -2.41. The maximum Gasteiger partial charge on any atom is 0.273 e. The average Bonchev–Trinajstić information content (AvgIpc) is 2.81. The lowest BCUT2D eigenvalue weighted by molar-refractivity contribution is -0.122. The second-order valence-corrected chi connectivity index (χ2v) is 7.64. The van der Waals surface area contributed by atoms with Gasteiger partial charge in [0.2, 0.25) is 5.91 Å². The number of benzene rings is 3. The zero-order valence-corrected chi connectivity index (χ0v) is 18.7. The summed E-state index contributed by atoms with van der Waals surface area (Å²) < 4.78 is 11.3.